The maximum atomic E-state index is 11.5. The average Bonchev–Trinajstić information content (AvgIpc) is 2.83. The number of carbonyl (C=O) groups is 2. The maximum Gasteiger partial charge on any atom is 0.329 e. The minimum atomic E-state index is -1.10. The second-order valence-corrected chi connectivity index (χ2v) is 5.23. The molecule has 0 saturated heterocycles. The molecule has 1 aliphatic heterocycles. The molecule has 2 rings (SSSR count). The summed E-state index contributed by atoms with van der Waals surface area (Å²) in [4.78, 5) is 21.7. The van der Waals surface area contributed by atoms with Crippen molar-refractivity contribution >= 4 is 27.8 Å². The van der Waals surface area contributed by atoms with E-state index in [0.29, 0.717) is 13.2 Å². The van der Waals surface area contributed by atoms with Crippen molar-refractivity contribution in [3.05, 3.63) is 27.7 Å². The third-order valence-electron chi connectivity index (χ3n) is 2.76. The van der Waals surface area contributed by atoms with E-state index in [-0.39, 0.29) is 12.5 Å². The molecule has 0 fully saturated rings. The third kappa shape index (κ3) is 3.94. The second kappa shape index (κ2) is 6.71. The number of fused-ring (bicyclic) bond motifs is 1. The number of benzene rings is 1. The van der Waals surface area contributed by atoms with Crippen LogP contribution >= 0.6 is 15.9 Å². The van der Waals surface area contributed by atoms with E-state index < -0.39 is 12.6 Å². The number of carboxylic acid groups (broad SMARTS) is 1. The zero-order valence-electron chi connectivity index (χ0n) is 10.6. The number of hydrogen-bond donors (Lipinski definition) is 2. The number of amides is 1. The van der Waals surface area contributed by atoms with Gasteiger partial charge in [-0.25, -0.2) is 4.79 Å². The van der Waals surface area contributed by atoms with Crippen molar-refractivity contribution in [3.63, 3.8) is 0 Å². The van der Waals surface area contributed by atoms with E-state index in [1.54, 1.807) is 0 Å². The first-order chi connectivity index (χ1) is 9.56. The summed E-state index contributed by atoms with van der Waals surface area (Å²) >= 11 is 3.42. The molecule has 0 unspecified atom stereocenters. The summed E-state index contributed by atoms with van der Waals surface area (Å²) in [5, 5.41) is 11.1. The standard InChI is InChI=1S/C13H14BrNO5/c14-10-3-8-1-2-20-13(8)9(4-10)5-15-11(16)6-19-7-12(17)18/h3-4H,1-2,5-7H2,(H,15,16)(H,17,18). The zero-order valence-corrected chi connectivity index (χ0v) is 12.2. The van der Waals surface area contributed by atoms with Gasteiger partial charge in [0.15, 0.2) is 0 Å². The smallest absolute Gasteiger partial charge is 0.329 e. The van der Waals surface area contributed by atoms with Crippen LogP contribution in [0.1, 0.15) is 11.1 Å². The first-order valence-electron chi connectivity index (χ1n) is 6.06. The molecule has 2 N–H and O–H groups in total. The van der Waals surface area contributed by atoms with Crippen molar-refractivity contribution in [2.75, 3.05) is 19.8 Å². The van der Waals surface area contributed by atoms with Gasteiger partial charge in [0.05, 0.1) is 6.61 Å². The Kier molecular flexibility index (Phi) is 4.97. The average molecular weight is 344 g/mol. The van der Waals surface area contributed by atoms with Gasteiger partial charge in [-0.3, -0.25) is 4.79 Å². The molecule has 0 aromatic heterocycles. The topological polar surface area (TPSA) is 84.9 Å². The number of halogens is 1. The summed E-state index contributed by atoms with van der Waals surface area (Å²) in [5.41, 5.74) is 2.00. The fraction of sp³-hybridized carbons (Fsp3) is 0.385. The summed E-state index contributed by atoms with van der Waals surface area (Å²) in [5.74, 6) is -0.645. The van der Waals surface area contributed by atoms with Gasteiger partial charge in [0, 0.05) is 23.0 Å². The lowest BCUT2D eigenvalue weighted by molar-refractivity contribution is -0.143. The van der Waals surface area contributed by atoms with E-state index >= 15 is 0 Å². The summed E-state index contributed by atoms with van der Waals surface area (Å²) < 4.78 is 11.2. The first-order valence-corrected chi connectivity index (χ1v) is 6.86. The minimum Gasteiger partial charge on any atom is -0.493 e. The van der Waals surface area contributed by atoms with Crippen LogP contribution in [0.4, 0.5) is 0 Å². The number of nitrogens with one attached hydrogen (secondary N) is 1. The number of ether oxygens (including phenoxy) is 2. The third-order valence-corrected chi connectivity index (χ3v) is 3.22. The fourth-order valence-corrected chi connectivity index (χ4v) is 2.51. The molecule has 0 radical (unpaired) electrons. The molecule has 7 heteroatoms. The first kappa shape index (κ1) is 14.8. The summed E-state index contributed by atoms with van der Waals surface area (Å²) in [7, 11) is 0. The van der Waals surface area contributed by atoms with Gasteiger partial charge in [-0.2, -0.15) is 0 Å². The van der Waals surface area contributed by atoms with Crippen LogP contribution in [-0.4, -0.2) is 36.8 Å². The number of carbonyl (C=O) groups excluding carboxylic acids is 1. The van der Waals surface area contributed by atoms with E-state index in [1.807, 2.05) is 12.1 Å². The summed E-state index contributed by atoms with van der Waals surface area (Å²) in [6, 6.07) is 3.90. The SMILES string of the molecule is O=C(O)COCC(=O)NCc1cc(Br)cc2c1OCC2. The highest BCUT2D eigenvalue weighted by molar-refractivity contribution is 9.10. The number of carboxylic acids is 1. The number of aliphatic carboxylic acids is 1. The molecule has 20 heavy (non-hydrogen) atoms. The second-order valence-electron chi connectivity index (χ2n) is 4.31. The van der Waals surface area contributed by atoms with E-state index in [4.69, 9.17) is 14.6 Å². The van der Waals surface area contributed by atoms with Crippen LogP contribution in [0.3, 0.4) is 0 Å². The molecule has 1 aromatic rings. The normalized spacial score (nSPS) is 12.7. The van der Waals surface area contributed by atoms with Crippen LogP contribution in [0.5, 0.6) is 5.75 Å². The van der Waals surface area contributed by atoms with Gasteiger partial charge in [0.25, 0.3) is 0 Å². The lowest BCUT2D eigenvalue weighted by Crippen LogP contribution is -2.28. The van der Waals surface area contributed by atoms with E-state index in [9.17, 15) is 9.59 Å². The van der Waals surface area contributed by atoms with Crippen molar-refractivity contribution in [3.8, 4) is 5.75 Å². The Morgan fingerprint density at radius 1 is 1.40 bits per heavy atom. The Bertz CT molecular complexity index is 532. The lowest BCUT2D eigenvalue weighted by atomic mass is 10.1. The minimum absolute atomic E-state index is 0.274. The van der Waals surface area contributed by atoms with Crippen LogP contribution in [0.25, 0.3) is 0 Å². The highest BCUT2D eigenvalue weighted by Gasteiger charge is 2.17. The molecule has 0 saturated carbocycles. The molecule has 0 atom stereocenters. The predicted molar refractivity (Wildman–Crippen MR) is 73.6 cm³/mol. The van der Waals surface area contributed by atoms with Crippen molar-refractivity contribution in [1.29, 1.82) is 0 Å². The Morgan fingerprint density at radius 3 is 2.95 bits per heavy atom. The van der Waals surface area contributed by atoms with Crippen LogP contribution in [0, 0.1) is 0 Å². The van der Waals surface area contributed by atoms with Crippen LogP contribution in [0.2, 0.25) is 0 Å². The predicted octanol–water partition coefficient (Wildman–Crippen LogP) is 1.10. The van der Waals surface area contributed by atoms with Gasteiger partial charge in [0.1, 0.15) is 19.0 Å². The number of rotatable bonds is 6. The van der Waals surface area contributed by atoms with Crippen molar-refractivity contribution in [2.45, 2.75) is 13.0 Å². The van der Waals surface area contributed by atoms with Gasteiger partial charge in [-0.1, -0.05) is 15.9 Å². The molecule has 0 bridgehead atoms. The number of hydrogen-bond acceptors (Lipinski definition) is 4. The van der Waals surface area contributed by atoms with Gasteiger partial charge >= 0.3 is 5.97 Å². The molecule has 6 nitrogen and oxygen atoms in total. The van der Waals surface area contributed by atoms with E-state index in [2.05, 4.69) is 21.2 Å². The zero-order chi connectivity index (χ0) is 14.5. The molecule has 1 heterocycles. The molecule has 1 amide bonds. The van der Waals surface area contributed by atoms with Gasteiger partial charge in [0.2, 0.25) is 5.91 Å². The van der Waals surface area contributed by atoms with Crippen LogP contribution in [-0.2, 0) is 27.3 Å². The fourth-order valence-electron chi connectivity index (χ4n) is 1.95. The molecular weight excluding hydrogens is 330 g/mol. The highest BCUT2D eigenvalue weighted by atomic mass is 79.9. The van der Waals surface area contributed by atoms with Gasteiger partial charge in [-0.15, -0.1) is 0 Å². The quantitative estimate of drug-likeness (QED) is 0.807. The monoisotopic (exact) mass is 343 g/mol. The Morgan fingerprint density at radius 2 is 2.20 bits per heavy atom. The molecule has 0 aliphatic carbocycles. The van der Waals surface area contributed by atoms with Gasteiger partial charge in [-0.05, 0) is 17.7 Å². The van der Waals surface area contributed by atoms with E-state index in [0.717, 1.165) is 27.8 Å². The molecular formula is C13H14BrNO5. The maximum absolute atomic E-state index is 11.5. The highest BCUT2D eigenvalue weighted by Crippen LogP contribution is 2.32. The Labute approximate surface area is 124 Å². The van der Waals surface area contributed by atoms with Crippen molar-refractivity contribution in [2.24, 2.45) is 0 Å². The van der Waals surface area contributed by atoms with Crippen molar-refractivity contribution < 1.29 is 24.2 Å². The molecule has 1 aromatic carbocycles. The van der Waals surface area contributed by atoms with Gasteiger partial charge < -0.3 is 19.9 Å². The Balaban J connectivity index is 1.88. The Hall–Kier alpha value is -1.60. The molecule has 108 valence electrons. The van der Waals surface area contributed by atoms with Crippen LogP contribution < -0.4 is 10.1 Å². The largest absolute Gasteiger partial charge is 0.493 e. The van der Waals surface area contributed by atoms with Crippen LogP contribution in [0.15, 0.2) is 16.6 Å². The lowest BCUT2D eigenvalue weighted by Gasteiger charge is -2.10. The van der Waals surface area contributed by atoms with E-state index in [1.165, 1.54) is 0 Å². The summed E-state index contributed by atoms with van der Waals surface area (Å²) in [6.07, 6.45) is 0.859. The summed E-state index contributed by atoms with van der Waals surface area (Å²) in [6.45, 7) is 0.206. The molecule has 0 spiro atoms. The van der Waals surface area contributed by atoms with Crippen molar-refractivity contribution in [1.82, 2.24) is 5.32 Å². The molecule has 1 aliphatic rings.